The lowest BCUT2D eigenvalue weighted by atomic mass is 10.3. The highest BCUT2D eigenvalue weighted by Gasteiger charge is 2.16. The number of hydrogen-bond donors (Lipinski definition) is 0. The molecule has 0 fully saturated rings. The molecule has 3 rings (SSSR count). The molecule has 3 aromatic rings. The highest BCUT2D eigenvalue weighted by atomic mass is 127. The van der Waals surface area contributed by atoms with E-state index in [9.17, 15) is 0 Å². The van der Waals surface area contributed by atoms with Crippen LogP contribution in [0.4, 0.5) is 0 Å². The summed E-state index contributed by atoms with van der Waals surface area (Å²) in [6.45, 7) is 4.17. The number of rotatable bonds is 3. The predicted octanol–water partition coefficient (Wildman–Crippen LogP) is 3.15. The van der Waals surface area contributed by atoms with E-state index in [0.29, 0.717) is 5.88 Å². The lowest BCUT2D eigenvalue weighted by Gasteiger charge is -2.07. The van der Waals surface area contributed by atoms with Crippen molar-refractivity contribution >= 4 is 39.3 Å². The largest absolute Gasteiger partial charge is 0.481 e. The summed E-state index contributed by atoms with van der Waals surface area (Å²) in [4.78, 5) is 13.9. The van der Waals surface area contributed by atoms with Gasteiger partial charge in [0.05, 0.1) is 12.8 Å². The van der Waals surface area contributed by atoms with Gasteiger partial charge in [-0.3, -0.25) is 4.40 Å². The molecule has 3 heterocycles. The molecule has 5 nitrogen and oxygen atoms in total. The third-order valence-electron chi connectivity index (χ3n) is 3.26. The maximum atomic E-state index is 5.23. The fraction of sp³-hybridized carbons (Fsp3) is 0.357. The van der Waals surface area contributed by atoms with Crippen LogP contribution in [0.5, 0.6) is 5.88 Å². The summed E-state index contributed by atoms with van der Waals surface area (Å²) in [5.41, 5.74) is 3.71. The van der Waals surface area contributed by atoms with Gasteiger partial charge in [0.2, 0.25) is 5.88 Å². The molecule has 0 saturated heterocycles. The number of pyridine rings is 1. The maximum absolute atomic E-state index is 5.23. The van der Waals surface area contributed by atoms with Crippen molar-refractivity contribution < 1.29 is 4.74 Å². The predicted molar refractivity (Wildman–Crippen MR) is 86.3 cm³/mol. The molecule has 0 aliphatic heterocycles. The molecule has 0 N–H and O–H groups in total. The van der Waals surface area contributed by atoms with E-state index in [-0.39, 0.29) is 0 Å². The van der Waals surface area contributed by atoms with Gasteiger partial charge in [0.1, 0.15) is 20.6 Å². The molecule has 0 radical (unpaired) electrons. The summed E-state index contributed by atoms with van der Waals surface area (Å²) in [5, 5.41) is 0. The van der Waals surface area contributed by atoms with Crippen LogP contribution in [0.25, 0.3) is 16.7 Å². The van der Waals surface area contributed by atoms with Crippen LogP contribution in [-0.4, -0.2) is 26.5 Å². The van der Waals surface area contributed by atoms with Crippen LogP contribution in [0.2, 0.25) is 0 Å². The van der Waals surface area contributed by atoms with Crippen LogP contribution in [0.1, 0.15) is 24.9 Å². The second-order valence-electron chi connectivity index (χ2n) is 4.65. The molecular formula is C14H15IN4O. The highest BCUT2D eigenvalue weighted by Crippen LogP contribution is 2.25. The number of ether oxygens (including phenoxy) is 1. The smallest absolute Gasteiger partial charge is 0.215 e. The molecule has 3 aromatic heterocycles. The Morgan fingerprint density at radius 3 is 2.75 bits per heavy atom. The lowest BCUT2D eigenvalue weighted by molar-refractivity contribution is 0.399. The Kier molecular flexibility index (Phi) is 3.49. The summed E-state index contributed by atoms with van der Waals surface area (Å²) >= 11 is 2.26. The minimum absolute atomic E-state index is 0.593. The van der Waals surface area contributed by atoms with E-state index in [0.717, 1.165) is 44.7 Å². The summed E-state index contributed by atoms with van der Waals surface area (Å²) in [6.07, 6.45) is 1.96. The number of nitrogens with zero attached hydrogens (tertiary/aromatic N) is 4. The van der Waals surface area contributed by atoms with Crippen molar-refractivity contribution in [3.05, 3.63) is 27.4 Å². The number of aryl methyl sites for hydroxylation is 2. The van der Waals surface area contributed by atoms with Crippen LogP contribution < -0.4 is 4.74 Å². The SMILES string of the molecule is CCCc1nc(C)c2c(I)nc3ccc(OC)nc3n12. The first kappa shape index (κ1) is 13.5. The first-order valence-corrected chi connectivity index (χ1v) is 7.61. The van der Waals surface area contributed by atoms with E-state index in [1.165, 1.54) is 0 Å². The van der Waals surface area contributed by atoms with Gasteiger partial charge in [-0.05, 0) is 42.0 Å². The molecule has 0 bridgehead atoms. The maximum Gasteiger partial charge on any atom is 0.215 e. The van der Waals surface area contributed by atoms with E-state index in [1.807, 2.05) is 19.1 Å². The van der Waals surface area contributed by atoms with Crippen LogP contribution in [0.15, 0.2) is 12.1 Å². The summed E-state index contributed by atoms with van der Waals surface area (Å²) < 4.78 is 8.30. The zero-order chi connectivity index (χ0) is 14.3. The zero-order valence-electron chi connectivity index (χ0n) is 11.6. The Morgan fingerprint density at radius 1 is 1.25 bits per heavy atom. The Bertz CT molecular complexity index is 797. The highest BCUT2D eigenvalue weighted by molar-refractivity contribution is 14.1. The first-order valence-electron chi connectivity index (χ1n) is 6.54. The summed E-state index contributed by atoms with van der Waals surface area (Å²) in [6, 6.07) is 3.77. The zero-order valence-corrected chi connectivity index (χ0v) is 13.8. The van der Waals surface area contributed by atoms with Crippen molar-refractivity contribution in [1.82, 2.24) is 19.4 Å². The number of methoxy groups -OCH3 is 1. The Labute approximate surface area is 130 Å². The number of hydrogen-bond acceptors (Lipinski definition) is 4. The second kappa shape index (κ2) is 5.16. The van der Waals surface area contributed by atoms with Gasteiger partial charge in [-0.1, -0.05) is 6.92 Å². The Hall–Kier alpha value is -1.44. The topological polar surface area (TPSA) is 52.3 Å². The third kappa shape index (κ3) is 2.02. The summed E-state index contributed by atoms with van der Waals surface area (Å²) in [5.74, 6) is 1.63. The van der Waals surface area contributed by atoms with Crippen molar-refractivity contribution in [3.63, 3.8) is 0 Å². The minimum atomic E-state index is 0.593. The van der Waals surface area contributed by atoms with Crippen LogP contribution in [0, 0.1) is 10.6 Å². The van der Waals surface area contributed by atoms with Gasteiger partial charge in [0.15, 0.2) is 5.65 Å². The van der Waals surface area contributed by atoms with E-state index < -0.39 is 0 Å². The van der Waals surface area contributed by atoms with Gasteiger partial charge >= 0.3 is 0 Å². The third-order valence-corrected chi connectivity index (χ3v) is 4.01. The van der Waals surface area contributed by atoms with E-state index in [2.05, 4.69) is 48.9 Å². The summed E-state index contributed by atoms with van der Waals surface area (Å²) in [7, 11) is 1.62. The number of halogens is 1. The fourth-order valence-electron chi connectivity index (χ4n) is 2.40. The van der Waals surface area contributed by atoms with Crippen LogP contribution in [0.3, 0.4) is 0 Å². The molecule has 0 atom stereocenters. The molecule has 104 valence electrons. The molecule has 20 heavy (non-hydrogen) atoms. The van der Waals surface area contributed by atoms with Crippen molar-refractivity contribution in [1.29, 1.82) is 0 Å². The van der Waals surface area contributed by atoms with Gasteiger partial charge in [-0.15, -0.1) is 0 Å². The van der Waals surface area contributed by atoms with Gasteiger partial charge in [0.25, 0.3) is 0 Å². The molecule has 0 unspecified atom stereocenters. The second-order valence-corrected chi connectivity index (χ2v) is 5.67. The first-order chi connectivity index (χ1) is 9.65. The van der Waals surface area contributed by atoms with Gasteiger partial charge in [-0.2, -0.15) is 4.98 Å². The Balaban J connectivity index is 2.47. The average Bonchev–Trinajstić information content (AvgIpc) is 2.77. The molecule has 6 heteroatoms. The average molecular weight is 382 g/mol. The fourth-order valence-corrected chi connectivity index (χ4v) is 3.29. The molecule has 0 aliphatic rings. The number of aromatic nitrogens is 4. The molecule has 0 aromatic carbocycles. The van der Waals surface area contributed by atoms with Crippen LogP contribution in [-0.2, 0) is 6.42 Å². The molecular weight excluding hydrogens is 367 g/mol. The lowest BCUT2D eigenvalue weighted by Crippen LogP contribution is -2.02. The normalized spacial score (nSPS) is 11.4. The molecule has 0 spiro atoms. The van der Waals surface area contributed by atoms with Gasteiger partial charge in [0, 0.05) is 12.5 Å². The van der Waals surface area contributed by atoms with Crippen molar-refractivity contribution in [3.8, 4) is 5.88 Å². The van der Waals surface area contributed by atoms with Gasteiger partial charge < -0.3 is 4.74 Å². The van der Waals surface area contributed by atoms with Crippen molar-refractivity contribution in [2.24, 2.45) is 0 Å². The van der Waals surface area contributed by atoms with Crippen molar-refractivity contribution in [2.45, 2.75) is 26.7 Å². The molecule has 0 amide bonds. The monoisotopic (exact) mass is 382 g/mol. The molecule has 0 aliphatic carbocycles. The van der Waals surface area contributed by atoms with Gasteiger partial charge in [-0.25, -0.2) is 9.97 Å². The Morgan fingerprint density at radius 2 is 2.05 bits per heavy atom. The quantitative estimate of drug-likeness (QED) is 0.654. The molecule has 0 saturated carbocycles. The number of fused-ring (bicyclic) bond motifs is 3. The van der Waals surface area contributed by atoms with Crippen molar-refractivity contribution in [2.75, 3.05) is 7.11 Å². The number of imidazole rings is 1. The van der Waals surface area contributed by atoms with E-state index >= 15 is 0 Å². The van der Waals surface area contributed by atoms with Crippen LogP contribution >= 0.6 is 22.6 Å². The van der Waals surface area contributed by atoms with E-state index in [1.54, 1.807) is 7.11 Å². The standard InChI is InChI=1S/C14H15IN4O/c1-4-5-10-16-8(2)12-13(15)17-9-6-7-11(20-3)18-14(9)19(10)12/h6-7H,4-5H2,1-3H3. The minimum Gasteiger partial charge on any atom is -0.481 e. The van der Waals surface area contributed by atoms with E-state index in [4.69, 9.17) is 4.74 Å².